The monoisotopic (exact) mass is 260 g/mol. The number of aromatic nitrogens is 1. The highest BCUT2D eigenvalue weighted by Crippen LogP contribution is 2.28. The van der Waals surface area contributed by atoms with Gasteiger partial charge in [0.15, 0.2) is 0 Å². The average Bonchev–Trinajstić information content (AvgIpc) is 2.78. The van der Waals surface area contributed by atoms with E-state index >= 15 is 0 Å². The van der Waals surface area contributed by atoms with Crippen molar-refractivity contribution in [3.8, 4) is 0 Å². The summed E-state index contributed by atoms with van der Waals surface area (Å²) < 4.78 is 0. The minimum absolute atomic E-state index is 0.268. The summed E-state index contributed by atoms with van der Waals surface area (Å²) in [5.74, 6) is 0. The summed E-state index contributed by atoms with van der Waals surface area (Å²) in [4.78, 5) is 4.28. The van der Waals surface area contributed by atoms with E-state index < -0.39 is 0 Å². The van der Waals surface area contributed by atoms with Crippen LogP contribution >= 0.6 is 11.3 Å². The van der Waals surface area contributed by atoms with E-state index in [9.17, 15) is 0 Å². The Bertz CT molecular complexity index is 505. The molecular weight excluding hydrogens is 240 g/mol. The molecule has 0 saturated heterocycles. The van der Waals surface area contributed by atoms with Gasteiger partial charge in [-0.2, -0.15) is 11.3 Å². The third kappa shape index (κ3) is 2.79. The zero-order valence-corrected chi connectivity index (χ0v) is 12.1. The van der Waals surface area contributed by atoms with Gasteiger partial charge in [0, 0.05) is 12.4 Å². The van der Waals surface area contributed by atoms with Crippen LogP contribution in [0.1, 0.15) is 41.6 Å². The first kappa shape index (κ1) is 13.2. The van der Waals surface area contributed by atoms with Crippen LogP contribution in [0.3, 0.4) is 0 Å². The fourth-order valence-electron chi connectivity index (χ4n) is 2.12. The van der Waals surface area contributed by atoms with Crippen molar-refractivity contribution in [1.29, 1.82) is 0 Å². The number of rotatable bonds is 5. The molecule has 0 amide bonds. The number of nitrogens with zero attached hydrogens (tertiary/aromatic N) is 1. The van der Waals surface area contributed by atoms with E-state index in [1.54, 1.807) is 11.3 Å². The van der Waals surface area contributed by atoms with E-state index in [0.717, 1.165) is 13.0 Å². The van der Waals surface area contributed by atoms with Gasteiger partial charge in [-0.05, 0) is 65.9 Å². The summed E-state index contributed by atoms with van der Waals surface area (Å²) in [6.07, 6.45) is 4.98. The molecule has 2 aromatic heterocycles. The van der Waals surface area contributed by atoms with Crippen molar-refractivity contribution in [3.63, 3.8) is 0 Å². The number of thiophene rings is 1. The van der Waals surface area contributed by atoms with Crippen molar-refractivity contribution in [2.75, 3.05) is 6.54 Å². The number of hydrogen-bond donors (Lipinski definition) is 1. The van der Waals surface area contributed by atoms with Crippen molar-refractivity contribution >= 4 is 11.3 Å². The molecular formula is C15H20N2S. The summed E-state index contributed by atoms with van der Waals surface area (Å²) in [5, 5.41) is 8.09. The Kier molecular flexibility index (Phi) is 4.50. The SMILES string of the molecule is CCCNC(c1cnccc1C)c1cscc1C. The van der Waals surface area contributed by atoms with Crippen LogP contribution in [-0.4, -0.2) is 11.5 Å². The van der Waals surface area contributed by atoms with Crippen LogP contribution in [-0.2, 0) is 0 Å². The summed E-state index contributed by atoms with van der Waals surface area (Å²) >= 11 is 1.77. The molecule has 0 aromatic carbocycles. The van der Waals surface area contributed by atoms with Crippen LogP contribution in [0.15, 0.2) is 29.2 Å². The molecule has 2 rings (SSSR count). The molecule has 0 fully saturated rings. The van der Waals surface area contributed by atoms with Gasteiger partial charge in [-0.3, -0.25) is 4.98 Å². The smallest absolute Gasteiger partial charge is 0.0605 e. The minimum atomic E-state index is 0.268. The third-order valence-corrected chi connectivity index (χ3v) is 4.07. The lowest BCUT2D eigenvalue weighted by atomic mass is 9.96. The predicted molar refractivity (Wildman–Crippen MR) is 78.2 cm³/mol. The average molecular weight is 260 g/mol. The molecule has 1 N–H and O–H groups in total. The third-order valence-electron chi connectivity index (χ3n) is 3.20. The van der Waals surface area contributed by atoms with Crippen molar-refractivity contribution in [2.24, 2.45) is 0 Å². The van der Waals surface area contributed by atoms with Crippen LogP contribution in [0.2, 0.25) is 0 Å². The van der Waals surface area contributed by atoms with E-state index in [0.29, 0.717) is 0 Å². The molecule has 0 aliphatic carbocycles. The molecule has 2 heterocycles. The topological polar surface area (TPSA) is 24.9 Å². The second-order valence-electron chi connectivity index (χ2n) is 4.63. The molecule has 2 aromatic rings. The van der Waals surface area contributed by atoms with Crippen LogP contribution in [0.5, 0.6) is 0 Å². The van der Waals surface area contributed by atoms with Gasteiger partial charge in [0.1, 0.15) is 0 Å². The van der Waals surface area contributed by atoms with Crippen molar-refractivity contribution in [1.82, 2.24) is 10.3 Å². The first-order chi connectivity index (χ1) is 8.74. The summed E-state index contributed by atoms with van der Waals surface area (Å²) in [5.41, 5.74) is 5.32. The molecule has 1 unspecified atom stereocenters. The lowest BCUT2D eigenvalue weighted by Gasteiger charge is -2.20. The lowest BCUT2D eigenvalue weighted by molar-refractivity contribution is 0.594. The quantitative estimate of drug-likeness (QED) is 0.883. The van der Waals surface area contributed by atoms with Crippen LogP contribution in [0.4, 0.5) is 0 Å². The van der Waals surface area contributed by atoms with Gasteiger partial charge >= 0.3 is 0 Å². The molecule has 2 nitrogen and oxygen atoms in total. The highest BCUT2D eigenvalue weighted by molar-refractivity contribution is 7.08. The van der Waals surface area contributed by atoms with Gasteiger partial charge in [0.05, 0.1) is 6.04 Å². The fourth-order valence-corrected chi connectivity index (χ4v) is 3.00. The minimum Gasteiger partial charge on any atom is -0.306 e. The second-order valence-corrected chi connectivity index (χ2v) is 5.37. The number of aryl methyl sites for hydroxylation is 2. The van der Waals surface area contributed by atoms with Crippen molar-refractivity contribution in [2.45, 2.75) is 33.2 Å². The maximum Gasteiger partial charge on any atom is 0.0605 e. The van der Waals surface area contributed by atoms with Crippen LogP contribution < -0.4 is 5.32 Å². The maximum atomic E-state index is 4.28. The van der Waals surface area contributed by atoms with E-state index in [4.69, 9.17) is 0 Å². The lowest BCUT2D eigenvalue weighted by Crippen LogP contribution is -2.24. The Balaban J connectivity index is 2.37. The van der Waals surface area contributed by atoms with Crippen LogP contribution in [0, 0.1) is 13.8 Å². The Morgan fingerprint density at radius 1 is 1.22 bits per heavy atom. The van der Waals surface area contributed by atoms with Crippen molar-refractivity contribution < 1.29 is 0 Å². The molecule has 0 aliphatic rings. The van der Waals surface area contributed by atoms with Gasteiger partial charge in [0.2, 0.25) is 0 Å². The molecule has 1 atom stereocenters. The second kappa shape index (κ2) is 6.12. The molecule has 0 radical (unpaired) electrons. The standard InChI is InChI=1S/C15H20N2S/c1-4-6-17-15(14-10-18-9-12(14)3)13-8-16-7-5-11(13)2/h5,7-10,15,17H,4,6H2,1-3H3. The van der Waals surface area contributed by atoms with Gasteiger partial charge in [-0.1, -0.05) is 6.92 Å². The number of pyridine rings is 1. The Morgan fingerprint density at radius 2 is 2.06 bits per heavy atom. The maximum absolute atomic E-state index is 4.28. The van der Waals surface area contributed by atoms with E-state index in [2.05, 4.69) is 47.9 Å². The van der Waals surface area contributed by atoms with E-state index in [-0.39, 0.29) is 6.04 Å². The summed E-state index contributed by atoms with van der Waals surface area (Å²) in [6.45, 7) is 7.55. The number of hydrogen-bond acceptors (Lipinski definition) is 3. The van der Waals surface area contributed by atoms with Gasteiger partial charge in [-0.15, -0.1) is 0 Å². The van der Waals surface area contributed by atoms with Gasteiger partial charge in [0.25, 0.3) is 0 Å². The molecule has 0 spiro atoms. The normalized spacial score (nSPS) is 12.6. The molecule has 0 aliphatic heterocycles. The predicted octanol–water partition coefficient (Wildman–Crippen LogP) is 3.85. The zero-order valence-electron chi connectivity index (χ0n) is 11.2. The van der Waals surface area contributed by atoms with Crippen LogP contribution in [0.25, 0.3) is 0 Å². The molecule has 0 saturated carbocycles. The zero-order chi connectivity index (χ0) is 13.0. The first-order valence-corrected chi connectivity index (χ1v) is 7.35. The fraction of sp³-hybridized carbons (Fsp3) is 0.400. The molecule has 96 valence electrons. The number of nitrogens with one attached hydrogen (secondary N) is 1. The summed E-state index contributed by atoms with van der Waals surface area (Å²) in [6, 6.07) is 2.35. The Labute approximate surface area is 113 Å². The van der Waals surface area contributed by atoms with E-state index in [1.807, 2.05) is 12.4 Å². The molecule has 18 heavy (non-hydrogen) atoms. The molecule has 0 bridgehead atoms. The van der Waals surface area contributed by atoms with E-state index in [1.165, 1.54) is 22.3 Å². The summed E-state index contributed by atoms with van der Waals surface area (Å²) in [7, 11) is 0. The first-order valence-electron chi connectivity index (χ1n) is 6.40. The largest absolute Gasteiger partial charge is 0.306 e. The highest BCUT2D eigenvalue weighted by atomic mass is 32.1. The van der Waals surface area contributed by atoms with Gasteiger partial charge in [-0.25, -0.2) is 0 Å². The Hall–Kier alpha value is -1.19. The highest BCUT2D eigenvalue weighted by Gasteiger charge is 2.17. The van der Waals surface area contributed by atoms with Crippen molar-refractivity contribution in [3.05, 3.63) is 51.5 Å². The molecule has 3 heteroatoms. The Morgan fingerprint density at radius 3 is 2.67 bits per heavy atom. The van der Waals surface area contributed by atoms with Gasteiger partial charge < -0.3 is 5.32 Å².